The molecule has 0 unspecified atom stereocenters. The highest BCUT2D eigenvalue weighted by Gasteiger charge is 2.21. The highest BCUT2D eigenvalue weighted by Crippen LogP contribution is 2.31. The van der Waals surface area contributed by atoms with E-state index in [1.165, 1.54) is 12.8 Å². The summed E-state index contributed by atoms with van der Waals surface area (Å²) in [6.07, 6.45) is 11.5. The Kier molecular flexibility index (Phi) is 3.10. The van der Waals surface area contributed by atoms with Crippen molar-refractivity contribution < 1.29 is 4.79 Å². The van der Waals surface area contributed by atoms with Crippen molar-refractivity contribution in [3.63, 3.8) is 0 Å². The first-order chi connectivity index (χ1) is 10.8. The summed E-state index contributed by atoms with van der Waals surface area (Å²) < 4.78 is 3.64. The van der Waals surface area contributed by atoms with Gasteiger partial charge < -0.3 is 5.32 Å². The molecule has 0 aromatic carbocycles. The Morgan fingerprint density at radius 1 is 1.27 bits per heavy atom. The third-order valence-corrected chi connectivity index (χ3v) is 4.05. The molecule has 0 atom stereocenters. The van der Waals surface area contributed by atoms with Crippen LogP contribution < -0.4 is 5.32 Å². The molecular formula is C15H16N6O. The molecule has 7 heteroatoms. The molecule has 1 saturated carbocycles. The number of aromatic nitrogens is 5. The predicted octanol–water partition coefficient (Wildman–Crippen LogP) is 2.29. The summed E-state index contributed by atoms with van der Waals surface area (Å²) in [5.41, 5.74) is 0.345. The van der Waals surface area contributed by atoms with Gasteiger partial charge in [-0.3, -0.25) is 9.20 Å². The summed E-state index contributed by atoms with van der Waals surface area (Å²) in [6, 6.07) is 4.00. The third kappa shape index (κ3) is 2.24. The van der Waals surface area contributed by atoms with E-state index < -0.39 is 0 Å². The van der Waals surface area contributed by atoms with Gasteiger partial charge in [-0.2, -0.15) is 5.10 Å². The number of carbonyl (C=O) groups excluding carboxylic acids is 1. The number of nitrogens with one attached hydrogen (secondary N) is 1. The maximum atomic E-state index is 12.4. The fraction of sp³-hybridized carbons (Fsp3) is 0.333. The predicted molar refractivity (Wildman–Crippen MR) is 80.7 cm³/mol. The number of carbonyl (C=O) groups is 1. The first kappa shape index (κ1) is 13.0. The molecule has 3 aromatic heterocycles. The van der Waals surface area contributed by atoms with E-state index in [0.717, 1.165) is 18.7 Å². The number of hydrogen-bond donors (Lipinski definition) is 1. The lowest BCUT2D eigenvalue weighted by Gasteiger charge is -2.14. The minimum Gasteiger partial charge on any atom is -0.305 e. The molecule has 3 aromatic rings. The minimum atomic E-state index is -0.245. The molecule has 0 radical (unpaired) electrons. The molecule has 0 aliphatic heterocycles. The molecule has 22 heavy (non-hydrogen) atoms. The van der Waals surface area contributed by atoms with E-state index in [2.05, 4.69) is 20.4 Å². The van der Waals surface area contributed by atoms with Crippen molar-refractivity contribution in [3.05, 3.63) is 42.6 Å². The fourth-order valence-corrected chi connectivity index (χ4v) is 2.97. The van der Waals surface area contributed by atoms with Crippen LogP contribution in [-0.2, 0) is 0 Å². The van der Waals surface area contributed by atoms with Crippen LogP contribution >= 0.6 is 0 Å². The maximum Gasteiger partial charge on any atom is 0.277 e. The molecule has 4 rings (SSSR count). The summed E-state index contributed by atoms with van der Waals surface area (Å²) in [5, 5.41) is 7.25. The van der Waals surface area contributed by atoms with Crippen molar-refractivity contribution >= 4 is 17.5 Å². The van der Waals surface area contributed by atoms with Gasteiger partial charge in [-0.1, -0.05) is 12.8 Å². The van der Waals surface area contributed by atoms with Gasteiger partial charge in [0.1, 0.15) is 11.5 Å². The largest absolute Gasteiger partial charge is 0.305 e. The van der Waals surface area contributed by atoms with Gasteiger partial charge in [-0.05, 0) is 18.9 Å². The van der Waals surface area contributed by atoms with E-state index in [-0.39, 0.29) is 5.91 Å². The molecule has 3 heterocycles. The van der Waals surface area contributed by atoms with Crippen molar-refractivity contribution in [2.45, 2.75) is 31.7 Å². The van der Waals surface area contributed by atoms with Gasteiger partial charge in [-0.25, -0.2) is 14.6 Å². The number of nitrogens with zero attached hydrogens (tertiary/aromatic N) is 5. The van der Waals surface area contributed by atoms with Crippen LogP contribution in [0, 0.1) is 0 Å². The summed E-state index contributed by atoms with van der Waals surface area (Å²) in [6.45, 7) is 0. The van der Waals surface area contributed by atoms with Crippen molar-refractivity contribution in [1.29, 1.82) is 0 Å². The normalized spacial score (nSPS) is 15.5. The average Bonchev–Trinajstić information content (AvgIpc) is 3.26. The van der Waals surface area contributed by atoms with Crippen LogP contribution in [0.2, 0.25) is 0 Å². The van der Waals surface area contributed by atoms with Crippen LogP contribution in [0.3, 0.4) is 0 Å². The van der Waals surface area contributed by atoms with E-state index in [9.17, 15) is 4.79 Å². The lowest BCUT2D eigenvalue weighted by molar-refractivity contribution is 0.102. The number of fused-ring (bicyclic) bond motifs is 1. The zero-order valence-electron chi connectivity index (χ0n) is 12.0. The molecular weight excluding hydrogens is 280 g/mol. The number of imidazole rings is 1. The van der Waals surface area contributed by atoms with E-state index >= 15 is 0 Å². The average molecular weight is 296 g/mol. The zero-order valence-corrected chi connectivity index (χ0v) is 12.0. The van der Waals surface area contributed by atoms with E-state index in [1.807, 2.05) is 16.9 Å². The van der Waals surface area contributed by atoms with Crippen molar-refractivity contribution in [1.82, 2.24) is 24.1 Å². The monoisotopic (exact) mass is 296 g/mol. The summed E-state index contributed by atoms with van der Waals surface area (Å²) in [7, 11) is 0. The highest BCUT2D eigenvalue weighted by atomic mass is 16.2. The second kappa shape index (κ2) is 5.25. The maximum absolute atomic E-state index is 12.4. The summed E-state index contributed by atoms with van der Waals surface area (Å²) >= 11 is 0. The Morgan fingerprint density at radius 3 is 2.95 bits per heavy atom. The number of anilines is 1. The lowest BCUT2D eigenvalue weighted by atomic mass is 10.2. The zero-order chi connectivity index (χ0) is 14.9. The van der Waals surface area contributed by atoms with Gasteiger partial charge >= 0.3 is 0 Å². The van der Waals surface area contributed by atoms with Crippen molar-refractivity contribution in [2.24, 2.45) is 0 Å². The van der Waals surface area contributed by atoms with Crippen LogP contribution in [-0.4, -0.2) is 30.1 Å². The Bertz CT molecular complexity index is 781. The van der Waals surface area contributed by atoms with E-state index in [0.29, 0.717) is 17.5 Å². The number of amides is 1. The van der Waals surface area contributed by atoms with E-state index in [1.54, 1.807) is 29.1 Å². The Morgan fingerprint density at radius 2 is 2.14 bits per heavy atom. The SMILES string of the molecule is O=C(Nc1ccnn1C1CCCC1)c1cn2cccnc2n1. The van der Waals surface area contributed by atoms with Gasteiger partial charge in [0.25, 0.3) is 5.91 Å². The fourth-order valence-electron chi connectivity index (χ4n) is 2.97. The van der Waals surface area contributed by atoms with Crippen molar-refractivity contribution in [3.8, 4) is 0 Å². The smallest absolute Gasteiger partial charge is 0.277 e. The van der Waals surface area contributed by atoms with Crippen LogP contribution in [0.5, 0.6) is 0 Å². The minimum absolute atomic E-state index is 0.245. The first-order valence-electron chi connectivity index (χ1n) is 7.46. The van der Waals surface area contributed by atoms with Crippen LogP contribution in [0.4, 0.5) is 5.82 Å². The van der Waals surface area contributed by atoms with Crippen LogP contribution in [0.25, 0.3) is 5.78 Å². The topological polar surface area (TPSA) is 77.1 Å². The Balaban J connectivity index is 1.58. The third-order valence-electron chi connectivity index (χ3n) is 4.05. The molecule has 1 N–H and O–H groups in total. The Hall–Kier alpha value is -2.70. The molecule has 0 saturated heterocycles. The van der Waals surface area contributed by atoms with Gasteiger partial charge in [0.05, 0.1) is 12.2 Å². The molecule has 112 valence electrons. The molecule has 7 nitrogen and oxygen atoms in total. The Labute approximate surface area is 127 Å². The molecule has 1 amide bonds. The first-order valence-corrected chi connectivity index (χ1v) is 7.46. The van der Waals surface area contributed by atoms with E-state index in [4.69, 9.17) is 0 Å². The second-order valence-corrected chi connectivity index (χ2v) is 5.51. The molecule has 1 fully saturated rings. The van der Waals surface area contributed by atoms with Crippen LogP contribution in [0.1, 0.15) is 42.2 Å². The summed E-state index contributed by atoms with van der Waals surface area (Å²) in [4.78, 5) is 20.7. The van der Waals surface area contributed by atoms with Gasteiger partial charge in [0.15, 0.2) is 0 Å². The quantitative estimate of drug-likeness (QED) is 0.804. The number of rotatable bonds is 3. The van der Waals surface area contributed by atoms with Crippen LogP contribution in [0.15, 0.2) is 36.9 Å². The van der Waals surface area contributed by atoms with Gasteiger partial charge in [0.2, 0.25) is 5.78 Å². The van der Waals surface area contributed by atoms with Gasteiger partial charge in [-0.15, -0.1) is 0 Å². The lowest BCUT2D eigenvalue weighted by Crippen LogP contribution is -2.18. The summed E-state index contributed by atoms with van der Waals surface area (Å²) in [5.74, 6) is 0.990. The highest BCUT2D eigenvalue weighted by molar-refractivity contribution is 6.02. The van der Waals surface area contributed by atoms with Gasteiger partial charge in [0, 0.05) is 24.7 Å². The second-order valence-electron chi connectivity index (χ2n) is 5.51. The number of hydrogen-bond acceptors (Lipinski definition) is 4. The standard InChI is InChI=1S/C15H16N6O/c22-14(12-10-20-9-3-7-16-15(20)18-12)19-13-6-8-17-21(13)11-4-1-2-5-11/h3,6-11H,1-2,4-5H2,(H,19,22). The molecule has 1 aliphatic rings. The molecule has 0 spiro atoms. The molecule has 0 bridgehead atoms. The molecule has 1 aliphatic carbocycles. The van der Waals surface area contributed by atoms with Crippen molar-refractivity contribution in [2.75, 3.05) is 5.32 Å².